The standard InChI is InChI=1S/C14H15ClN4O3/c1-3-22-12-6-9(5-10(15)13(12)20)7-16-19-14(21)11-4-8(2)17-18-11/h4-7,20H,3H2,1-2H3,(H,17,18)(H,19,21). The molecule has 116 valence electrons. The highest BCUT2D eigenvalue weighted by Crippen LogP contribution is 2.34. The average Bonchev–Trinajstić information content (AvgIpc) is 2.91. The van der Waals surface area contributed by atoms with E-state index in [4.69, 9.17) is 16.3 Å². The van der Waals surface area contributed by atoms with Gasteiger partial charge in [-0.2, -0.15) is 10.2 Å². The lowest BCUT2D eigenvalue weighted by molar-refractivity contribution is 0.0950. The Kier molecular flexibility index (Phi) is 5.00. The predicted octanol–water partition coefficient (Wildman–Crippen LogP) is 2.24. The molecule has 8 heteroatoms. The molecule has 0 radical (unpaired) electrons. The summed E-state index contributed by atoms with van der Waals surface area (Å²) < 4.78 is 5.26. The summed E-state index contributed by atoms with van der Waals surface area (Å²) in [7, 11) is 0. The van der Waals surface area contributed by atoms with Crippen LogP contribution in [-0.4, -0.2) is 34.0 Å². The summed E-state index contributed by atoms with van der Waals surface area (Å²) in [5.41, 5.74) is 3.94. The number of aryl methyl sites for hydroxylation is 1. The van der Waals surface area contributed by atoms with Crippen LogP contribution in [0.3, 0.4) is 0 Å². The summed E-state index contributed by atoms with van der Waals surface area (Å²) in [6.07, 6.45) is 1.39. The van der Waals surface area contributed by atoms with Crippen molar-refractivity contribution in [3.05, 3.63) is 40.2 Å². The van der Waals surface area contributed by atoms with Gasteiger partial charge in [-0.05, 0) is 37.6 Å². The molecular formula is C14H15ClN4O3. The van der Waals surface area contributed by atoms with Gasteiger partial charge in [0.25, 0.3) is 5.91 Å². The SMILES string of the molecule is CCOc1cc(C=NNC(=O)c2cc(C)[nH]n2)cc(Cl)c1O. The number of phenols is 1. The lowest BCUT2D eigenvalue weighted by Gasteiger charge is -2.08. The maximum atomic E-state index is 11.7. The predicted molar refractivity (Wildman–Crippen MR) is 82.7 cm³/mol. The molecule has 0 aliphatic rings. The lowest BCUT2D eigenvalue weighted by atomic mass is 10.2. The molecule has 1 aromatic heterocycles. The second-order valence-corrected chi connectivity index (χ2v) is 4.83. The van der Waals surface area contributed by atoms with E-state index in [1.807, 2.05) is 0 Å². The molecule has 0 fully saturated rings. The molecule has 0 aliphatic carbocycles. The van der Waals surface area contributed by atoms with Crippen LogP contribution >= 0.6 is 11.6 Å². The Labute approximate surface area is 131 Å². The van der Waals surface area contributed by atoms with E-state index in [2.05, 4.69) is 20.7 Å². The molecule has 7 nitrogen and oxygen atoms in total. The number of aromatic amines is 1. The largest absolute Gasteiger partial charge is 0.503 e. The number of phenolic OH excluding ortho intramolecular Hbond substituents is 1. The van der Waals surface area contributed by atoms with Crippen LogP contribution in [-0.2, 0) is 0 Å². The molecule has 0 unspecified atom stereocenters. The van der Waals surface area contributed by atoms with Gasteiger partial charge in [-0.3, -0.25) is 9.89 Å². The van der Waals surface area contributed by atoms with Crippen LogP contribution < -0.4 is 10.2 Å². The molecule has 0 atom stereocenters. The van der Waals surface area contributed by atoms with Gasteiger partial charge in [0.2, 0.25) is 0 Å². The summed E-state index contributed by atoms with van der Waals surface area (Å²) in [5.74, 6) is -0.307. The van der Waals surface area contributed by atoms with Gasteiger partial charge in [-0.15, -0.1) is 0 Å². The number of carbonyl (C=O) groups is 1. The first-order chi connectivity index (χ1) is 10.5. The van der Waals surface area contributed by atoms with Crippen LogP contribution in [0.2, 0.25) is 5.02 Å². The highest BCUT2D eigenvalue weighted by molar-refractivity contribution is 6.32. The molecule has 0 bridgehead atoms. The van der Waals surface area contributed by atoms with E-state index in [0.717, 1.165) is 5.69 Å². The minimum atomic E-state index is -0.435. The fourth-order valence-electron chi connectivity index (χ4n) is 1.69. The summed E-state index contributed by atoms with van der Waals surface area (Å²) in [6, 6.07) is 4.68. The molecule has 0 spiro atoms. The maximum absolute atomic E-state index is 11.7. The minimum Gasteiger partial charge on any atom is -0.503 e. The number of rotatable bonds is 5. The van der Waals surface area contributed by atoms with Gasteiger partial charge in [-0.1, -0.05) is 11.6 Å². The van der Waals surface area contributed by atoms with E-state index in [-0.39, 0.29) is 22.2 Å². The van der Waals surface area contributed by atoms with Crippen molar-refractivity contribution in [2.24, 2.45) is 5.10 Å². The molecule has 3 N–H and O–H groups in total. The first kappa shape index (κ1) is 15.8. The fourth-order valence-corrected chi connectivity index (χ4v) is 1.91. The van der Waals surface area contributed by atoms with Crippen LogP contribution in [0.25, 0.3) is 0 Å². The number of amides is 1. The zero-order valence-corrected chi connectivity index (χ0v) is 12.8. The summed E-state index contributed by atoms with van der Waals surface area (Å²) in [5, 5.41) is 20.2. The zero-order valence-electron chi connectivity index (χ0n) is 12.1. The second kappa shape index (κ2) is 6.95. The van der Waals surface area contributed by atoms with E-state index in [1.54, 1.807) is 26.0 Å². The fraction of sp³-hybridized carbons (Fsp3) is 0.214. The van der Waals surface area contributed by atoms with E-state index in [1.165, 1.54) is 12.3 Å². The number of aromatic hydroxyl groups is 1. The van der Waals surface area contributed by atoms with Gasteiger partial charge in [0.15, 0.2) is 17.2 Å². The van der Waals surface area contributed by atoms with Crippen LogP contribution in [0.1, 0.15) is 28.7 Å². The number of ether oxygens (including phenoxy) is 1. The molecule has 1 amide bonds. The van der Waals surface area contributed by atoms with Crippen LogP contribution in [0.4, 0.5) is 0 Å². The molecule has 0 aliphatic heterocycles. The van der Waals surface area contributed by atoms with Crippen molar-refractivity contribution in [3.63, 3.8) is 0 Å². The van der Waals surface area contributed by atoms with Crippen LogP contribution in [0.15, 0.2) is 23.3 Å². The lowest BCUT2D eigenvalue weighted by Crippen LogP contribution is -2.18. The summed E-state index contributed by atoms with van der Waals surface area (Å²) in [4.78, 5) is 11.7. The topological polar surface area (TPSA) is 99.6 Å². The Morgan fingerprint density at radius 1 is 1.55 bits per heavy atom. The van der Waals surface area contributed by atoms with E-state index >= 15 is 0 Å². The first-order valence-electron chi connectivity index (χ1n) is 6.52. The molecule has 22 heavy (non-hydrogen) atoms. The second-order valence-electron chi connectivity index (χ2n) is 4.42. The summed E-state index contributed by atoms with van der Waals surface area (Å²) >= 11 is 5.90. The normalized spacial score (nSPS) is 10.9. The third-order valence-corrected chi connectivity index (χ3v) is 2.96. The minimum absolute atomic E-state index is 0.128. The van der Waals surface area contributed by atoms with Crippen molar-refractivity contribution in [1.29, 1.82) is 0 Å². The van der Waals surface area contributed by atoms with Gasteiger partial charge < -0.3 is 9.84 Å². The number of nitrogens with zero attached hydrogens (tertiary/aromatic N) is 2. The van der Waals surface area contributed by atoms with Gasteiger partial charge >= 0.3 is 0 Å². The van der Waals surface area contributed by atoms with Crippen molar-refractivity contribution >= 4 is 23.7 Å². The Morgan fingerprint density at radius 3 is 2.95 bits per heavy atom. The molecule has 1 aromatic carbocycles. The molecule has 1 heterocycles. The number of hydrazone groups is 1. The molecule has 0 saturated carbocycles. The van der Waals surface area contributed by atoms with Gasteiger partial charge in [0.05, 0.1) is 17.8 Å². The quantitative estimate of drug-likeness (QED) is 0.580. The summed E-state index contributed by atoms with van der Waals surface area (Å²) in [6.45, 7) is 3.97. The highest BCUT2D eigenvalue weighted by Gasteiger charge is 2.09. The smallest absolute Gasteiger partial charge is 0.291 e. The Bertz CT molecular complexity index is 712. The van der Waals surface area contributed by atoms with Gasteiger partial charge in [-0.25, -0.2) is 5.43 Å². The number of nitrogens with one attached hydrogen (secondary N) is 2. The Morgan fingerprint density at radius 2 is 2.32 bits per heavy atom. The van der Waals surface area contributed by atoms with Crippen LogP contribution in [0.5, 0.6) is 11.5 Å². The maximum Gasteiger partial charge on any atom is 0.291 e. The van der Waals surface area contributed by atoms with Crippen LogP contribution in [0, 0.1) is 6.92 Å². The third kappa shape index (κ3) is 3.76. The van der Waals surface area contributed by atoms with E-state index in [0.29, 0.717) is 12.2 Å². The number of aromatic nitrogens is 2. The highest BCUT2D eigenvalue weighted by atomic mass is 35.5. The molecule has 2 aromatic rings. The Balaban J connectivity index is 2.08. The molecule has 0 saturated heterocycles. The zero-order chi connectivity index (χ0) is 16.1. The van der Waals surface area contributed by atoms with Crippen molar-refractivity contribution in [1.82, 2.24) is 15.6 Å². The number of carbonyl (C=O) groups excluding carboxylic acids is 1. The van der Waals surface area contributed by atoms with Crippen molar-refractivity contribution in [3.8, 4) is 11.5 Å². The van der Waals surface area contributed by atoms with Gasteiger partial charge in [0.1, 0.15) is 0 Å². The average molecular weight is 323 g/mol. The van der Waals surface area contributed by atoms with Crippen molar-refractivity contribution < 1.29 is 14.6 Å². The number of halogens is 1. The molecular weight excluding hydrogens is 308 g/mol. The van der Waals surface area contributed by atoms with Crippen molar-refractivity contribution in [2.75, 3.05) is 6.61 Å². The number of hydrogen-bond donors (Lipinski definition) is 3. The van der Waals surface area contributed by atoms with E-state index < -0.39 is 5.91 Å². The van der Waals surface area contributed by atoms with Crippen molar-refractivity contribution in [2.45, 2.75) is 13.8 Å². The number of H-pyrrole nitrogens is 1. The Hall–Kier alpha value is -2.54. The molecule has 2 rings (SSSR count). The number of benzene rings is 1. The van der Waals surface area contributed by atoms with Gasteiger partial charge in [0, 0.05) is 5.69 Å². The number of hydrogen-bond acceptors (Lipinski definition) is 5. The monoisotopic (exact) mass is 322 g/mol. The van der Waals surface area contributed by atoms with E-state index in [9.17, 15) is 9.90 Å². The third-order valence-electron chi connectivity index (χ3n) is 2.67. The first-order valence-corrected chi connectivity index (χ1v) is 6.89.